The Morgan fingerprint density at radius 1 is 1.35 bits per heavy atom. The van der Waals surface area contributed by atoms with Crippen LogP contribution in [0, 0.1) is 17.8 Å². The van der Waals surface area contributed by atoms with Gasteiger partial charge in [0.1, 0.15) is 0 Å². The Labute approximate surface area is 139 Å². The van der Waals surface area contributed by atoms with Gasteiger partial charge < -0.3 is 4.74 Å². The number of nitrogens with zero attached hydrogens (tertiary/aromatic N) is 2. The van der Waals surface area contributed by atoms with E-state index >= 15 is 0 Å². The maximum atomic E-state index is 13.1. The van der Waals surface area contributed by atoms with Crippen LogP contribution in [0.3, 0.4) is 0 Å². The Morgan fingerprint density at radius 3 is 2.78 bits per heavy atom. The van der Waals surface area contributed by atoms with Crippen molar-refractivity contribution >= 4 is 28.3 Å². The Kier molecular flexibility index (Phi) is 3.71. The zero-order chi connectivity index (χ0) is 16.0. The smallest absolute Gasteiger partial charge is 0.357 e. The summed E-state index contributed by atoms with van der Waals surface area (Å²) in [6, 6.07) is 0.256. The Morgan fingerprint density at radius 2 is 2.17 bits per heavy atom. The van der Waals surface area contributed by atoms with Crippen molar-refractivity contribution in [2.24, 2.45) is 17.8 Å². The first kappa shape index (κ1) is 14.9. The lowest BCUT2D eigenvalue weighted by Crippen LogP contribution is -2.39. The van der Waals surface area contributed by atoms with Crippen LogP contribution in [0.4, 0.5) is 5.13 Å². The van der Waals surface area contributed by atoms with Gasteiger partial charge in [-0.2, -0.15) is 0 Å². The van der Waals surface area contributed by atoms with Crippen molar-refractivity contribution in [3.63, 3.8) is 0 Å². The SMILES string of the molecule is CCOC(=O)c1csc(N(C(=O)C2CC3C=CC2C3)C2CC2)n1. The van der Waals surface area contributed by atoms with Crippen molar-refractivity contribution < 1.29 is 14.3 Å². The quantitative estimate of drug-likeness (QED) is 0.614. The van der Waals surface area contributed by atoms with E-state index in [1.54, 1.807) is 12.3 Å². The van der Waals surface area contributed by atoms with Crippen LogP contribution in [0.1, 0.15) is 43.1 Å². The number of ether oxygens (including phenoxy) is 1. The molecule has 3 unspecified atom stereocenters. The molecule has 0 aromatic carbocycles. The Hall–Kier alpha value is -1.69. The van der Waals surface area contributed by atoms with Gasteiger partial charge in [0.2, 0.25) is 5.91 Å². The molecule has 3 atom stereocenters. The number of hydrogen-bond donors (Lipinski definition) is 0. The van der Waals surface area contributed by atoms with Gasteiger partial charge in [-0.25, -0.2) is 9.78 Å². The molecule has 2 fully saturated rings. The number of aromatic nitrogens is 1. The molecule has 1 aromatic rings. The van der Waals surface area contributed by atoms with Crippen LogP contribution in [-0.4, -0.2) is 29.5 Å². The highest BCUT2D eigenvalue weighted by atomic mass is 32.1. The van der Waals surface area contributed by atoms with Crippen LogP contribution in [0.25, 0.3) is 0 Å². The second-order valence-corrected chi connectivity index (χ2v) is 7.40. The minimum absolute atomic E-state index is 0.0838. The van der Waals surface area contributed by atoms with Crippen molar-refractivity contribution in [3.05, 3.63) is 23.2 Å². The monoisotopic (exact) mass is 332 g/mol. The standard InChI is InChI=1S/C17H20N2O3S/c1-2-22-16(21)14-9-23-17(18-14)19(12-5-6-12)15(20)13-8-10-3-4-11(13)7-10/h3-4,9-13H,2,5-8H2,1H3. The number of fused-ring (bicyclic) bond motifs is 2. The summed E-state index contributed by atoms with van der Waals surface area (Å²) in [5.41, 5.74) is 0.304. The fourth-order valence-corrected chi connectivity index (χ4v) is 4.55. The average molecular weight is 332 g/mol. The Balaban J connectivity index is 1.55. The minimum atomic E-state index is -0.416. The summed E-state index contributed by atoms with van der Waals surface area (Å²) in [6.07, 6.45) is 8.57. The molecule has 0 saturated heterocycles. The van der Waals surface area contributed by atoms with Gasteiger partial charge in [-0.1, -0.05) is 12.2 Å². The van der Waals surface area contributed by atoms with Gasteiger partial charge in [0, 0.05) is 17.3 Å². The van der Waals surface area contributed by atoms with E-state index in [2.05, 4.69) is 17.1 Å². The fourth-order valence-electron chi connectivity index (χ4n) is 3.68. The topological polar surface area (TPSA) is 59.5 Å². The van der Waals surface area contributed by atoms with Crippen LogP contribution in [0.15, 0.2) is 17.5 Å². The number of carbonyl (C=O) groups is 2. The molecule has 5 nitrogen and oxygen atoms in total. The molecule has 4 rings (SSSR count). The van der Waals surface area contributed by atoms with E-state index in [1.807, 2.05) is 4.90 Å². The van der Waals surface area contributed by atoms with Gasteiger partial charge in [-0.15, -0.1) is 11.3 Å². The number of allylic oxidation sites excluding steroid dienone is 2. The Bertz CT molecular complexity index is 665. The molecule has 0 spiro atoms. The van der Waals surface area contributed by atoms with Crippen molar-refractivity contribution in [1.29, 1.82) is 0 Å². The van der Waals surface area contributed by atoms with Crippen LogP contribution in [0.2, 0.25) is 0 Å². The zero-order valence-electron chi connectivity index (χ0n) is 13.1. The van der Waals surface area contributed by atoms with E-state index in [1.165, 1.54) is 11.3 Å². The fraction of sp³-hybridized carbons (Fsp3) is 0.588. The van der Waals surface area contributed by atoms with Gasteiger partial charge in [0.25, 0.3) is 0 Å². The van der Waals surface area contributed by atoms with Gasteiger partial charge in [0.05, 0.1) is 6.61 Å². The third-order valence-corrected chi connectivity index (χ3v) is 5.77. The molecule has 3 aliphatic carbocycles. The summed E-state index contributed by atoms with van der Waals surface area (Å²) in [5.74, 6) is 0.815. The molecular weight excluding hydrogens is 312 g/mol. The molecular formula is C17H20N2O3S. The zero-order valence-corrected chi connectivity index (χ0v) is 13.9. The number of anilines is 1. The average Bonchev–Trinajstić information content (AvgIpc) is 2.98. The first-order valence-electron chi connectivity index (χ1n) is 8.31. The third-order valence-electron chi connectivity index (χ3n) is 4.93. The highest BCUT2D eigenvalue weighted by molar-refractivity contribution is 7.14. The molecule has 122 valence electrons. The van der Waals surface area contributed by atoms with Crippen molar-refractivity contribution in [3.8, 4) is 0 Å². The lowest BCUT2D eigenvalue weighted by atomic mass is 9.92. The summed E-state index contributed by atoms with van der Waals surface area (Å²) in [4.78, 5) is 31.1. The molecule has 2 bridgehead atoms. The molecule has 1 aromatic heterocycles. The molecule has 0 aliphatic heterocycles. The summed E-state index contributed by atoms with van der Waals surface area (Å²) >= 11 is 1.36. The van der Waals surface area contributed by atoms with Gasteiger partial charge >= 0.3 is 5.97 Å². The highest BCUT2D eigenvalue weighted by Crippen LogP contribution is 2.46. The largest absolute Gasteiger partial charge is 0.461 e. The van der Waals surface area contributed by atoms with Crippen LogP contribution < -0.4 is 4.90 Å². The molecule has 0 N–H and O–H groups in total. The molecule has 2 saturated carbocycles. The number of rotatable bonds is 5. The lowest BCUT2D eigenvalue weighted by Gasteiger charge is -2.26. The second-order valence-electron chi connectivity index (χ2n) is 6.56. The van der Waals surface area contributed by atoms with Gasteiger partial charge in [-0.05, 0) is 44.4 Å². The van der Waals surface area contributed by atoms with E-state index in [0.717, 1.165) is 25.7 Å². The molecule has 1 heterocycles. The second kappa shape index (κ2) is 5.74. The lowest BCUT2D eigenvalue weighted by molar-refractivity contribution is -0.123. The summed E-state index contributed by atoms with van der Waals surface area (Å²) in [7, 11) is 0. The number of esters is 1. The predicted molar refractivity (Wildman–Crippen MR) is 87.4 cm³/mol. The van der Waals surface area contributed by atoms with Gasteiger partial charge in [0.15, 0.2) is 10.8 Å². The van der Waals surface area contributed by atoms with Crippen molar-refractivity contribution in [2.75, 3.05) is 11.5 Å². The number of hydrogen-bond acceptors (Lipinski definition) is 5. The van der Waals surface area contributed by atoms with E-state index < -0.39 is 5.97 Å². The first-order valence-corrected chi connectivity index (χ1v) is 9.19. The number of thiazole rings is 1. The number of carbonyl (C=O) groups excluding carboxylic acids is 2. The van der Waals surface area contributed by atoms with E-state index in [4.69, 9.17) is 4.74 Å². The maximum absolute atomic E-state index is 13.1. The molecule has 3 aliphatic rings. The third kappa shape index (κ3) is 2.69. The maximum Gasteiger partial charge on any atom is 0.357 e. The van der Waals surface area contributed by atoms with Crippen LogP contribution in [0.5, 0.6) is 0 Å². The minimum Gasteiger partial charge on any atom is -0.461 e. The summed E-state index contributed by atoms with van der Waals surface area (Å²) in [6.45, 7) is 2.10. The van der Waals surface area contributed by atoms with E-state index in [9.17, 15) is 9.59 Å². The molecule has 23 heavy (non-hydrogen) atoms. The van der Waals surface area contributed by atoms with Crippen molar-refractivity contribution in [1.82, 2.24) is 4.98 Å². The summed E-state index contributed by atoms with van der Waals surface area (Å²) < 4.78 is 4.99. The predicted octanol–water partition coefficient (Wildman–Crippen LogP) is 3.03. The normalized spacial score (nSPS) is 28.1. The van der Waals surface area contributed by atoms with Crippen LogP contribution >= 0.6 is 11.3 Å². The van der Waals surface area contributed by atoms with E-state index in [-0.39, 0.29) is 17.9 Å². The number of amides is 1. The molecule has 1 amide bonds. The molecule has 0 radical (unpaired) electrons. The first-order chi connectivity index (χ1) is 11.2. The molecule has 6 heteroatoms. The van der Waals surface area contributed by atoms with Crippen LogP contribution in [-0.2, 0) is 9.53 Å². The highest BCUT2D eigenvalue weighted by Gasteiger charge is 2.45. The van der Waals surface area contributed by atoms with E-state index in [0.29, 0.717) is 29.3 Å². The summed E-state index contributed by atoms with van der Waals surface area (Å²) in [5, 5.41) is 2.34. The van der Waals surface area contributed by atoms with Crippen molar-refractivity contribution in [2.45, 2.75) is 38.6 Å². The van der Waals surface area contributed by atoms with Gasteiger partial charge in [-0.3, -0.25) is 9.69 Å².